The normalized spacial score (nSPS) is 9.81. The first kappa shape index (κ1) is 36.7. The summed E-state index contributed by atoms with van der Waals surface area (Å²) in [6.45, 7) is 0. The zero-order chi connectivity index (χ0) is 30.8. The van der Waals surface area contributed by atoms with Crippen molar-refractivity contribution < 1.29 is 35.4 Å². The third kappa shape index (κ3) is 8.80. The molecule has 226 valence electrons. The monoisotopic (exact) mass is 730 g/mol. The van der Waals surface area contributed by atoms with Crippen LogP contribution in [0.5, 0.6) is 23.0 Å². The largest absolute Gasteiger partial charge is 0.493 e. The molecule has 43 heavy (non-hydrogen) atoms. The minimum Gasteiger partial charge on any atom is -0.493 e. The Balaban J connectivity index is 0.000000293. The van der Waals surface area contributed by atoms with Gasteiger partial charge in [0.1, 0.15) is 0 Å². The van der Waals surface area contributed by atoms with Gasteiger partial charge in [0, 0.05) is 27.6 Å². The van der Waals surface area contributed by atoms with Gasteiger partial charge >= 0.3 is 0 Å². The van der Waals surface area contributed by atoms with E-state index in [1.165, 1.54) is 14.2 Å². The standard InChI is InChI=1S/2C16H13ClO2S2.Ni/c2*1-18-12-9-8-11(13(17)14(12)19-2)16(21)15(20)10-6-4-3-5-7-10;/h2*3-9H,1-2H3;. The number of hydrogen-bond acceptors (Lipinski definition) is 8. The second kappa shape index (κ2) is 17.7. The van der Waals surface area contributed by atoms with Crippen molar-refractivity contribution in [2.45, 2.75) is 0 Å². The van der Waals surface area contributed by atoms with Crippen LogP contribution in [0.25, 0.3) is 0 Å². The quantitative estimate of drug-likeness (QED) is 0.0910. The molecule has 0 saturated heterocycles. The number of thiocarbonyl (C=S) groups is 4. The average Bonchev–Trinajstić information content (AvgIpc) is 3.04. The molecule has 0 unspecified atom stereocenters. The van der Waals surface area contributed by atoms with Crippen molar-refractivity contribution in [2.75, 3.05) is 28.4 Å². The Morgan fingerprint density at radius 2 is 0.791 bits per heavy atom. The Morgan fingerprint density at radius 1 is 0.465 bits per heavy atom. The molecule has 4 aromatic carbocycles. The van der Waals surface area contributed by atoms with Crippen molar-refractivity contribution in [3.63, 3.8) is 0 Å². The molecule has 0 radical (unpaired) electrons. The first-order valence-electron chi connectivity index (χ1n) is 12.3. The molecule has 0 amide bonds. The van der Waals surface area contributed by atoms with Crippen molar-refractivity contribution in [1.82, 2.24) is 0 Å². The summed E-state index contributed by atoms with van der Waals surface area (Å²) < 4.78 is 21.0. The minimum absolute atomic E-state index is 0. The number of benzene rings is 4. The topological polar surface area (TPSA) is 36.9 Å². The zero-order valence-corrected chi connectivity index (χ0v) is 29.2. The summed E-state index contributed by atoms with van der Waals surface area (Å²) >= 11 is 34.6. The fourth-order valence-electron chi connectivity index (χ4n) is 3.82. The second-order valence-electron chi connectivity index (χ2n) is 8.37. The summed E-state index contributed by atoms with van der Waals surface area (Å²) in [6, 6.07) is 26.3. The van der Waals surface area contributed by atoms with Crippen molar-refractivity contribution in [1.29, 1.82) is 0 Å². The molecule has 0 bridgehead atoms. The van der Waals surface area contributed by atoms with Crippen molar-refractivity contribution in [3.8, 4) is 23.0 Å². The first-order chi connectivity index (χ1) is 20.2. The summed E-state index contributed by atoms with van der Waals surface area (Å²) in [5.41, 5.74) is 3.11. The number of methoxy groups -OCH3 is 4. The van der Waals surface area contributed by atoms with E-state index in [4.69, 9.17) is 91.0 Å². The molecule has 0 aliphatic heterocycles. The van der Waals surface area contributed by atoms with Gasteiger partial charge in [0.15, 0.2) is 23.0 Å². The van der Waals surface area contributed by atoms with Crippen LogP contribution in [0.15, 0.2) is 84.9 Å². The molecule has 0 spiro atoms. The second-order valence-corrected chi connectivity index (χ2v) is 10.8. The van der Waals surface area contributed by atoms with Gasteiger partial charge in [-0.1, -0.05) is 133 Å². The third-order valence-corrected chi connectivity index (χ3v) is 8.68. The Kier molecular flexibility index (Phi) is 15.1. The maximum absolute atomic E-state index is 6.37. The van der Waals surface area contributed by atoms with Gasteiger partial charge in [0.2, 0.25) is 0 Å². The Morgan fingerprint density at radius 3 is 1.07 bits per heavy atom. The van der Waals surface area contributed by atoms with Gasteiger partial charge in [-0.15, -0.1) is 0 Å². The van der Waals surface area contributed by atoms with E-state index in [1.807, 2.05) is 60.7 Å². The molecule has 0 aliphatic rings. The molecular formula is C32H26Cl2NiO4S4. The smallest absolute Gasteiger partial charge is 0.180 e. The molecule has 0 aromatic heterocycles. The minimum atomic E-state index is 0. The van der Waals surface area contributed by atoms with E-state index in [1.54, 1.807) is 38.5 Å². The Labute approximate surface area is 293 Å². The van der Waals surface area contributed by atoms with E-state index >= 15 is 0 Å². The Bertz CT molecular complexity index is 1500. The molecule has 0 atom stereocenters. The van der Waals surface area contributed by atoms with Gasteiger partial charge in [0.25, 0.3) is 0 Å². The predicted molar refractivity (Wildman–Crippen MR) is 189 cm³/mol. The number of hydrogen-bond donors (Lipinski definition) is 0. The summed E-state index contributed by atoms with van der Waals surface area (Å²) in [5, 5.41) is 0.806. The molecule has 4 rings (SSSR count). The van der Waals surface area contributed by atoms with Gasteiger partial charge in [-0.2, -0.15) is 0 Å². The SMILES string of the molecule is COc1ccc(C(=S)C(=S)c2ccccc2)c(Cl)c1OC.COc1ccc(C(=S)C(=S)c2ccccc2)c(Cl)c1OC.[Ni]. The molecule has 0 fully saturated rings. The molecule has 0 heterocycles. The number of rotatable bonds is 10. The summed E-state index contributed by atoms with van der Waals surface area (Å²) in [7, 11) is 6.18. The summed E-state index contributed by atoms with van der Waals surface area (Å²) in [5.74, 6) is 2.02. The zero-order valence-electron chi connectivity index (χ0n) is 23.4. The number of ether oxygens (including phenoxy) is 4. The molecule has 11 heteroatoms. The van der Waals surface area contributed by atoms with Gasteiger partial charge in [0.05, 0.1) is 57.9 Å². The van der Waals surface area contributed by atoms with Gasteiger partial charge < -0.3 is 18.9 Å². The molecule has 0 N–H and O–H groups in total. The van der Waals surface area contributed by atoms with E-state index in [0.29, 0.717) is 63.6 Å². The summed E-state index contributed by atoms with van der Waals surface area (Å²) in [6.07, 6.45) is 0. The molecule has 4 nitrogen and oxygen atoms in total. The van der Waals surface area contributed by atoms with Crippen LogP contribution in [0.4, 0.5) is 0 Å². The van der Waals surface area contributed by atoms with Crippen LogP contribution in [0.1, 0.15) is 22.3 Å². The van der Waals surface area contributed by atoms with Crippen LogP contribution < -0.4 is 18.9 Å². The fraction of sp³-hybridized carbons (Fsp3) is 0.125. The average molecular weight is 732 g/mol. The summed E-state index contributed by atoms with van der Waals surface area (Å²) in [4.78, 5) is 2.20. The van der Waals surface area contributed by atoms with E-state index in [0.717, 1.165) is 11.1 Å². The van der Waals surface area contributed by atoms with Gasteiger partial charge in [-0.05, 0) is 35.4 Å². The van der Waals surface area contributed by atoms with Crippen LogP contribution >= 0.6 is 72.1 Å². The van der Waals surface area contributed by atoms with Crippen LogP contribution in [-0.4, -0.2) is 47.9 Å². The Hall–Kier alpha value is -2.49. The van der Waals surface area contributed by atoms with E-state index in [2.05, 4.69) is 0 Å². The van der Waals surface area contributed by atoms with E-state index in [-0.39, 0.29) is 16.5 Å². The number of halogens is 2. The molecular weight excluding hydrogens is 706 g/mol. The third-order valence-electron chi connectivity index (χ3n) is 5.94. The van der Waals surface area contributed by atoms with Crippen LogP contribution in [-0.2, 0) is 16.5 Å². The van der Waals surface area contributed by atoms with Crippen molar-refractivity contribution in [2.24, 2.45) is 0 Å². The predicted octanol–water partition coefficient (Wildman–Crippen LogP) is 8.98. The van der Waals surface area contributed by atoms with Crippen LogP contribution in [0.3, 0.4) is 0 Å². The molecule has 4 aromatic rings. The van der Waals surface area contributed by atoms with Crippen LogP contribution in [0, 0.1) is 0 Å². The molecule has 0 saturated carbocycles. The van der Waals surface area contributed by atoms with Crippen molar-refractivity contribution in [3.05, 3.63) is 117 Å². The molecule has 0 aliphatic carbocycles. The van der Waals surface area contributed by atoms with Crippen LogP contribution in [0.2, 0.25) is 10.0 Å². The maximum Gasteiger partial charge on any atom is 0.180 e. The first-order valence-corrected chi connectivity index (χ1v) is 14.7. The van der Waals surface area contributed by atoms with Gasteiger partial charge in [-0.25, -0.2) is 0 Å². The van der Waals surface area contributed by atoms with Crippen molar-refractivity contribution >= 4 is 91.5 Å². The fourth-order valence-corrected chi connectivity index (χ4v) is 5.65. The van der Waals surface area contributed by atoms with E-state index < -0.39 is 0 Å². The van der Waals surface area contributed by atoms with E-state index in [9.17, 15) is 0 Å². The van der Waals surface area contributed by atoms with Gasteiger partial charge in [-0.3, -0.25) is 0 Å². The maximum atomic E-state index is 6.37.